The number of halogens is 1. The highest BCUT2D eigenvalue weighted by molar-refractivity contribution is 6.30. The van der Waals surface area contributed by atoms with Crippen molar-refractivity contribution >= 4 is 17.4 Å². The van der Waals surface area contributed by atoms with Crippen molar-refractivity contribution in [2.24, 2.45) is 0 Å². The molecule has 1 aliphatic heterocycles. The fourth-order valence-corrected chi connectivity index (χ4v) is 2.66. The fourth-order valence-electron chi connectivity index (χ4n) is 2.53. The second-order valence-electron chi connectivity index (χ2n) is 4.81. The number of nitrogens with zero attached hydrogens (tertiary/aromatic N) is 1. The molecular formula is C14H18ClNO. The van der Waals surface area contributed by atoms with Crippen molar-refractivity contribution in [2.75, 3.05) is 6.54 Å². The van der Waals surface area contributed by atoms with Gasteiger partial charge in [0, 0.05) is 36.5 Å². The summed E-state index contributed by atoms with van der Waals surface area (Å²) in [4.78, 5) is 13.8. The molecule has 0 N–H and O–H groups in total. The van der Waals surface area contributed by atoms with E-state index >= 15 is 0 Å². The largest absolute Gasteiger partial charge is 0.300 e. The normalized spacial score (nSPS) is 23.7. The minimum absolute atomic E-state index is 0.335. The zero-order valence-electron chi connectivity index (χ0n) is 10.3. The SMILES string of the molecule is CC1CC(=O)CCN1C(C)c1ccc(Cl)cc1. The van der Waals surface area contributed by atoms with Crippen molar-refractivity contribution in [2.45, 2.75) is 38.8 Å². The number of benzene rings is 1. The summed E-state index contributed by atoms with van der Waals surface area (Å²) in [6, 6.07) is 8.66. The summed E-state index contributed by atoms with van der Waals surface area (Å²) in [5, 5.41) is 0.767. The number of hydrogen-bond acceptors (Lipinski definition) is 2. The molecule has 1 aliphatic rings. The van der Waals surface area contributed by atoms with Crippen LogP contribution in [0.1, 0.15) is 38.3 Å². The molecule has 3 heteroatoms. The number of ketones is 1. The molecule has 0 radical (unpaired) electrons. The van der Waals surface area contributed by atoms with Crippen molar-refractivity contribution in [1.29, 1.82) is 0 Å². The van der Waals surface area contributed by atoms with Crippen LogP contribution in [-0.2, 0) is 4.79 Å². The van der Waals surface area contributed by atoms with Crippen molar-refractivity contribution in [3.63, 3.8) is 0 Å². The van der Waals surface area contributed by atoms with Crippen molar-refractivity contribution in [3.05, 3.63) is 34.9 Å². The van der Waals surface area contributed by atoms with Crippen molar-refractivity contribution in [3.8, 4) is 0 Å². The van der Waals surface area contributed by atoms with Crippen molar-refractivity contribution < 1.29 is 4.79 Å². The van der Waals surface area contributed by atoms with Crippen molar-refractivity contribution in [1.82, 2.24) is 4.90 Å². The van der Waals surface area contributed by atoms with E-state index in [-0.39, 0.29) is 0 Å². The maximum atomic E-state index is 11.4. The first-order valence-corrected chi connectivity index (χ1v) is 6.48. The molecular weight excluding hydrogens is 234 g/mol. The number of carbonyl (C=O) groups is 1. The molecule has 2 nitrogen and oxygen atoms in total. The summed E-state index contributed by atoms with van der Waals surface area (Å²) in [5.41, 5.74) is 1.26. The van der Waals surface area contributed by atoms with Crippen LogP contribution in [0.3, 0.4) is 0 Å². The van der Waals surface area contributed by atoms with E-state index in [4.69, 9.17) is 11.6 Å². The van der Waals surface area contributed by atoms with Gasteiger partial charge in [0.25, 0.3) is 0 Å². The number of likely N-dealkylation sites (tertiary alicyclic amines) is 1. The third-order valence-electron chi connectivity index (χ3n) is 3.59. The second kappa shape index (κ2) is 5.19. The Hall–Kier alpha value is -0.860. The molecule has 0 aromatic heterocycles. The van der Waals surface area contributed by atoms with Gasteiger partial charge in [-0.15, -0.1) is 0 Å². The van der Waals surface area contributed by atoms with Gasteiger partial charge < -0.3 is 0 Å². The summed E-state index contributed by atoms with van der Waals surface area (Å²) in [7, 11) is 0. The quantitative estimate of drug-likeness (QED) is 0.802. The van der Waals surface area contributed by atoms with Gasteiger partial charge in [-0.05, 0) is 31.5 Å². The molecule has 0 saturated carbocycles. The molecule has 0 amide bonds. The van der Waals surface area contributed by atoms with Crippen LogP contribution in [0.25, 0.3) is 0 Å². The first kappa shape index (κ1) is 12.6. The lowest BCUT2D eigenvalue weighted by molar-refractivity contribution is -0.123. The molecule has 2 atom stereocenters. The van der Waals surface area contributed by atoms with Crippen LogP contribution in [0.15, 0.2) is 24.3 Å². The van der Waals surface area contributed by atoms with Crippen LogP contribution in [0.2, 0.25) is 5.02 Å². The Morgan fingerprint density at radius 3 is 2.59 bits per heavy atom. The smallest absolute Gasteiger partial charge is 0.135 e. The van der Waals surface area contributed by atoms with Gasteiger partial charge in [-0.1, -0.05) is 23.7 Å². The minimum atomic E-state index is 0.335. The van der Waals surface area contributed by atoms with E-state index in [0.29, 0.717) is 30.7 Å². The van der Waals surface area contributed by atoms with E-state index in [2.05, 4.69) is 30.9 Å². The molecule has 0 aliphatic carbocycles. The fraction of sp³-hybridized carbons (Fsp3) is 0.500. The molecule has 1 saturated heterocycles. The average molecular weight is 252 g/mol. The molecule has 1 aromatic carbocycles. The summed E-state index contributed by atoms with van der Waals surface area (Å²) < 4.78 is 0. The van der Waals surface area contributed by atoms with E-state index in [1.165, 1.54) is 5.56 Å². The third kappa shape index (κ3) is 2.88. The highest BCUT2D eigenvalue weighted by Gasteiger charge is 2.27. The monoisotopic (exact) mass is 251 g/mol. The first-order valence-electron chi connectivity index (χ1n) is 6.11. The standard InChI is InChI=1S/C14H18ClNO/c1-10-9-14(17)7-8-16(10)11(2)12-3-5-13(15)6-4-12/h3-6,10-11H,7-9H2,1-2H3. The predicted molar refractivity (Wildman–Crippen MR) is 70.3 cm³/mol. The molecule has 92 valence electrons. The third-order valence-corrected chi connectivity index (χ3v) is 3.84. The molecule has 0 bridgehead atoms. The van der Waals surface area contributed by atoms with Gasteiger partial charge in [-0.2, -0.15) is 0 Å². The lowest BCUT2D eigenvalue weighted by Crippen LogP contribution is -2.42. The summed E-state index contributed by atoms with van der Waals surface area (Å²) in [5.74, 6) is 0.386. The summed E-state index contributed by atoms with van der Waals surface area (Å²) >= 11 is 5.89. The maximum Gasteiger partial charge on any atom is 0.135 e. The van der Waals surface area contributed by atoms with E-state index in [0.717, 1.165) is 11.6 Å². The van der Waals surface area contributed by atoms with E-state index < -0.39 is 0 Å². The van der Waals surface area contributed by atoms with Crippen LogP contribution >= 0.6 is 11.6 Å². The molecule has 17 heavy (non-hydrogen) atoms. The lowest BCUT2D eigenvalue weighted by atomic mass is 9.97. The number of carbonyl (C=O) groups excluding carboxylic acids is 1. The van der Waals surface area contributed by atoms with Gasteiger partial charge in [0.1, 0.15) is 5.78 Å². The van der Waals surface area contributed by atoms with Crippen LogP contribution in [0, 0.1) is 0 Å². The molecule has 1 aromatic rings. The Morgan fingerprint density at radius 2 is 2.00 bits per heavy atom. The lowest BCUT2D eigenvalue weighted by Gasteiger charge is -2.37. The van der Waals surface area contributed by atoms with E-state index in [1.807, 2.05) is 12.1 Å². The van der Waals surface area contributed by atoms with Gasteiger partial charge in [-0.25, -0.2) is 0 Å². The second-order valence-corrected chi connectivity index (χ2v) is 5.24. The van der Waals surface area contributed by atoms with Gasteiger partial charge in [0.15, 0.2) is 0 Å². The Labute approximate surface area is 108 Å². The summed E-state index contributed by atoms with van der Waals surface area (Å²) in [6.45, 7) is 5.18. The van der Waals surface area contributed by atoms with E-state index in [9.17, 15) is 4.79 Å². The topological polar surface area (TPSA) is 20.3 Å². The number of rotatable bonds is 2. The molecule has 0 spiro atoms. The van der Waals surface area contributed by atoms with Crippen LogP contribution in [-0.4, -0.2) is 23.3 Å². The molecule has 1 heterocycles. The van der Waals surface area contributed by atoms with Crippen LogP contribution < -0.4 is 0 Å². The Morgan fingerprint density at radius 1 is 1.35 bits per heavy atom. The van der Waals surface area contributed by atoms with Crippen LogP contribution in [0.5, 0.6) is 0 Å². The zero-order chi connectivity index (χ0) is 12.4. The molecule has 2 rings (SSSR count). The van der Waals surface area contributed by atoms with Gasteiger partial charge in [0.2, 0.25) is 0 Å². The average Bonchev–Trinajstić information content (AvgIpc) is 2.29. The molecule has 1 fully saturated rings. The Kier molecular flexibility index (Phi) is 3.85. The predicted octanol–water partition coefficient (Wildman–Crippen LogP) is 3.45. The number of Topliss-reactive ketones (excluding diaryl/α,β-unsaturated/α-hetero) is 1. The Balaban J connectivity index is 2.11. The number of piperidine rings is 1. The number of hydrogen-bond donors (Lipinski definition) is 0. The highest BCUT2D eigenvalue weighted by atomic mass is 35.5. The van der Waals surface area contributed by atoms with Crippen LogP contribution in [0.4, 0.5) is 0 Å². The van der Waals surface area contributed by atoms with Gasteiger partial charge in [0.05, 0.1) is 0 Å². The first-order chi connectivity index (χ1) is 8.08. The van der Waals surface area contributed by atoms with Gasteiger partial charge in [-0.3, -0.25) is 9.69 Å². The maximum absolute atomic E-state index is 11.4. The highest BCUT2D eigenvalue weighted by Crippen LogP contribution is 2.27. The zero-order valence-corrected chi connectivity index (χ0v) is 11.1. The Bertz CT molecular complexity index is 401. The molecule has 2 unspecified atom stereocenters. The summed E-state index contributed by atoms with van der Waals surface area (Å²) in [6.07, 6.45) is 1.36. The van der Waals surface area contributed by atoms with Gasteiger partial charge >= 0.3 is 0 Å². The van der Waals surface area contributed by atoms with E-state index in [1.54, 1.807) is 0 Å². The minimum Gasteiger partial charge on any atom is -0.300 e.